The predicted octanol–water partition coefficient (Wildman–Crippen LogP) is 5.22. The van der Waals surface area contributed by atoms with Crippen LogP contribution in [0.3, 0.4) is 0 Å². The molecule has 2 fully saturated rings. The van der Waals surface area contributed by atoms with Gasteiger partial charge in [0.15, 0.2) is 5.60 Å². The van der Waals surface area contributed by atoms with E-state index in [0.29, 0.717) is 0 Å². The molecule has 0 N–H and O–H groups in total. The second-order valence-corrected chi connectivity index (χ2v) is 7.06. The summed E-state index contributed by atoms with van der Waals surface area (Å²) in [7, 11) is 0. The van der Waals surface area contributed by atoms with Crippen LogP contribution >= 0.6 is 0 Å². The molecule has 2 nitrogen and oxygen atoms in total. The molecule has 2 aliphatic carbocycles. The second-order valence-electron chi connectivity index (χ2n) is 7.06. The van der Waals surface area contributed by atoms with Gasteiger partial charge >= 0.3 is 0 Å². The zero-order valence-electron chi connectivity index (χ0n) is 13.4. The van der Waals surface area contributed by atoms with Crippen LogP contribution in [0.2, 0.25) is 0 Å². The summed E-state index contributed by atoms with van der Waals surface area (Å²) in [4.78, 5) is 0. The molecular formula is C18H31NO. The van der Waals surface area contributed by atoms with E-state index in [-0.39, 0.29) is 6.10 Å². The molecule has 0 aromatic carbocycles. The number of hydrogen-bond acceptors (Lipinski definition) is 2. The van der Waals surface area contributed by atoms with Crippen molar-refractivity contribution in [2.75, 3.05) is 0 Å². The van der Waals surface area contributed by atoms with Gasteiger partial charge in [0.2, 0.25) is 0 Å². The normalized spacial score (nSPS) is 33.5. The first-order valence-corrected chi connectivity index (χ1v) is 8.78. The molecular weight excluding hydrogens is 246 g/mol. The third-order valence-electron chi connectivity index (χ3n) is 5.48. The topological polar surface area (TPSA) is 33.0 Å². The molecule has 0 saturated heterocycles. The highest BCUT2D eigenvalue weighted by Crippen LogP contribution is 2.42. The molecule has 114 valence electrons. The number of rotatable bonds is 5. The fraction of sp³-hybridized carbons (Fsp3) is 0.944. The van der Waals surface area contributed by atoms with Crippen molar-refractivity contribution in [2.24, 2.45) is 11.8 Å². The first-order valence-electron chi connectivity index (χ1n) is 8.78. The van der Waals surface area contributed by atoms with Gasteiger partial charge in [-0.05, 0) is 50.9 Å². The lowest BCUT2D eigenvalue weighted by Crippen LogP contribution is -2.40. The van der Waals surface area contributed by atoms with Crippen LogP contribution in [0.25, 0.3) is 0 Å². The van der Waals surface area contributed by atoms with Gasteiger partial charge < -0.3 is 4.74 Å². The lowest BCUT2D eigenvalue weighted by Gasteiger charge is -2.40. The zero-order chi connectivity index (χ0) is 14.4. The van der Waals surface area contributed by atoms with Gasteiger partial charge in [0.1, 0.15) is 0 Å². The van der Waals surface area contributed by atoms with E-state index in [0.717, 1.165) is 37.5 Å². The Kier molecular flexibility index (Phi) is 5.90. The van der Waals surface area contributed by atoms with E-state index in [2.05, 4.69) is 19.9 Å². The quantitative estimate of drug-likeness (QED) is 0.689. The number of nitriles is 1. The van der Waals surface area contributed by atoms with Crippen LogP contribution < -0.4 is 0 Å². The van der Waals surface area contributed by atoms with Crippen LogP contribution in [0, 0.1) is 23.2 Å². The van der Waals surface area contributed by atoms with Crippen molar-refractivity contribution in [1.82, 2.24) is 0 Å². The molecule has 0 amide bonds. The molecule has 0 radical (unpaired) electrons. The van der Waals surface area contributed by atoms with Crippen molar-refractivity contribution in [3.63, 3.8) is 0 Å². The lowest BCUT2D eigenvalue weighted by atomic mass is 9.70. The van der Waals surface area contributed by atoms with E-state index in [9.17, 15) is 5.26 Å². The third kappa shape index (κ3) is 3.98. The molecule has 2 rings (SSSR count). The van der Waals surface area contributed by atoms with Crippen molar-refractivity contribution in [3.8, 4) is 6.07 Å². The summed E-state index contributed by atoms with van der Waals surface area (Å²) in [5.74, 6) is 1.80. The monoisotopic (exact) mass is 277 g/mol. The van der Waals surface area contributed by atoms with Crippen molar-refractivity contribution in [1.29, 1.82) is 5.26 Å². The second kappa shape index (κ2) is 7.46. The Morgan fingerprint density at radius 2 is 1.70 bits per heavy atom. The van der Waals surface area contributed by atoms with Gasteiger partial charge in [-0.15, -0.1) is 0 Å². The van der Waals surface area contributed by atoms with Crippen molar-refractivity contribution in [3.05, 3.63) is 0 Å². The average molecular weight is 277 g/mol. The Morgan fingerprint density at radius 1 is 1.10 bits per heavy atom. The van der Waals surface area contributed by atoms with Gasteiger partial charge in [0, 0.05) is 0 Å². The SMILES string of the molecule is CCCC(C)O[C@]1(C#N)CC[C@@H](C2CCCCC2)CC1. The van der Waals surface area contributed by atoms with Crippen LogP contribution in [0.4, 0.5) is 0 Å². The van der Waals surface area contributed by atoms with Crippen LogP contribution in [-0.2, 0) is 4.74 Å². The predicted molar refractivity (Wildman–Crippen MR) is 82.3 cm³/mol. The maximum Gasteiger partial charge on any atom is 0.154 e. The largest absolute Gasteiger partial charge is 0.357 e. The van der Waals surface area contributed by atoms with Crippen LogP contribution in [0.5, 0.6) is 0 Å². The first kappa shape index (κ1) is 15.8. The minimum atomic E-state index is -0.472. The average Bonchev–Trinajstić information content (AvgIpc) is 2.49. The molecule has 0 spiro atoms. The summed E-state index contributed by atoms with van der Waals surface area (Å²) in [5.41, 5.74) is -0.472. The summed E-state index contributed by atoms with van der Waals surface area (Å²) >= 11 is 0. The Hall–Kier alpha value is -0.550. The van der Waals surface area contributed by atoms with Crippen LogP contribution in [0.15, 0.2) is 0 Å². The van der Waals surface area contributed by atoms with E-state index < -0.39 is 5.60 Å². The summed E-state index contributed by atoms with van der Waals surface area (Å²) in [5, 5.41) is 9.58. The summed E-state index contributed by atoms with van der Waals surface area (Å²) in [6.45, 7) is 4.30. The molecule has 2 heteroatoms. The maximum absolute atomic E-state index is 9.58. The van der Waals surface area contributed by atoms with E-state index in [1.165, 1.54) is 44.9 Å². The van der Waals surface area contributed by atoms with Gasteiger partial charge in [-0.2, -0.15) is 5.26 Å². The Labute approximate surface area is 124 Å². The number of nitrogens with zero attached hydrogens (tertiary/aromatic N) is 1. The molecule has 20 heavy (non-hydrogen) atoms. The fourth-order valence-corrected chi connectivity index (χ4v) is 4.29. The summed E-state index contributed by atoms with van der Waals surface area (Å²) < 4.78 is 6.14. The lowest BCUT2D eigenvalue weighted by molar-refractivity contribution is -0.0837. The van der Waals surface area contributed by atoms with Crippen molar-refractivity contribution in [2.45, 2.75) is 96.2 Å². The zero-order valence-corrected chi connectivity index (χ0v) is 13.4. The van der Waals surface area contributed by atoms with Gasteiger partial charge in [-0.25, -0.2) is 0 Å². The van der Waals surface area contributed by atoms with Crippen molar-refractivity contribution >= 4 is 0 Å². The molecule has 1 unspecified atom stereocenters. The highest BCUT2D eigenvalue weighted by molar-refractivity contribution is 5.05. The molecule has 2 saturated carbocycles. The highest BCUT2D eigenvalue weighted by Gasteiger charge is 2.39. The van der Waals surface area contributed by atoms with Crippen LogP contribution in [0.1, 0.15) is 84.5 Å². The van der Waals surface area contributed by atoms with Crippen molar-refractivity contribution < 1.29 is 4.74 Å². The first-order chi connectivity index (χ1) is 9.69. The fourth-order valence-electron chi connectivity index (χ4n) is 4.29. The molecule has 0 aromatic rings. The van der Waals surface area contributed by atoms with E-state index in [1.54, 1.807) is 0 Å². The minimum absolute atomic E-state index is 0.228. The van der Waals surface area contributed by atoms with E-state index >= 15 is 0 Å². The highest BCUT2D eigenvalue weighted by atomic mass is 16.5. The minimum Gasteiger partial charge on any atom is -0.357 e. The Bertz CT molecular complexity index is 319. The summed E-state index contributed by atoms with van der Waals surface area (Å²) in [6.07, 6.45) is 13.9. The van der Waals surface area contributed by atoms with Gasteiger partial charge in [-0.1, -0.05) is 45.4 Å². The number of ether oxygens (including phenoxy) is 1. The molecule has 0 bridgehead atoms. The van der Waals surface area contributed by atoms with Gasteiger partial charge in [0.25, 0.3) is 0 Å². The Balaban J connectivity index is 1.85. The molecule has 1 atom stereocenters. The third-order valence-corrected chi connectivity index (χ3v) is 5.48. The van der Waals surface area contributed by atoms with E-state index in [1.807, 2.05) is 0 Å². The maximum atomic E-state index is 9.58. The van der Waals surface area contributed by atoms with Crippen LogP contribution in [-0.4, -0.2) is 11.7 Å². The number of hydrogen-bond donors (Lipinski definition) is 0. The standard InChI is InChI=1S/C18H31NO/c1-3-7-15(2)20-18(14-19)12-10-17(11-13-18)16-8-5-4-6-9-16/h15-17H,3-13H2,1-2H3/t15?,17-,18-. The summed E-state index contributed by atoms with van der Waals surface area (Å²) in [6, 6.07) is 2.51. The van der Waals surface area contributed by atoms with E-state index in [4.69, 9.17) is 4.74 Å². The molecule has 2 aliphatic rings. The van der Waals surface area contributed by atoms with Gasteiger partial charge in [0.05, 0.1) is 12.2 Å². The smallest absolute Gasteiger partial charge is 0.154 e. The van der Waals surface area contributed by atoms with Gasteiger partial charge in [-0.3, -0.25) is 0 Å². The Morgan fingerprint density at radius 3 is 2.25 bits per heavy atom. The molecule has 0 heterocycles. The molecule has 0 aliphatic heterocycles. The molecule has 0 aromatic heterocycles.